The van der Waals surface area contributed by atoms with E-state index in [1.165, 1.54) is 12.0 Å². The van der Waals surface area contributed by atoms with Crippen LogP contribution in [0.2, 0.25) is 0 Å². The maximum absolute atomic E-state index is 12.6. The summed E-state index contributed by atoms with van der Waals surface area (Å²) in [6, 6.07) is 0. The van der Waals surface area contributed by atoms with E-state index in [1.807, 2.05) is 6.92 Å². The molecule has 0 heterocycles. The van der Waals surface area contributed by atoms with Crippen molar-refractivity contribution < 1.29 is 4.39 Å². The van der Waals surface area contributed by atoms with E-state index in [0.717, 1.165) is 10.8 Å². The van der Waals surface area contributed by atoms with Crippen molar-refractivity contribution in [3.8, 4) is 0 Å². The molecular weight excluding hydrogens is 254 g/mol. The summed E-state index contributed by atoms with van der Waals surface area (Å²) >= 11 is 2.36. The van der Waals surface area contributed by atoms with Crippen molar-refractivity contribution in [3.05, 3.63) is 23.6 Å². The summed E-state index contributed by atoms with van der Waals surface area (Å²) in [5, 5.41) is 0. The zero-order chi connectivity index (χ0) is 8.27. The molecule has 0 aromatic carbocycles. The van der Waals surface area contributed by atoms with Crippen LogP contribution < -0.4 is 0 Å². The third-order valence-electron chi connectivity index (χ3n) is 2.06. The minimum absolute atomic E-state index is 0.0628. The van der Waals surface area contributed by atoms with Gasteiger partial charge in [-0.05, 0) is 37.8 Å². The van der Waals surface area contributed by atoms with Gasteiger partial charge in [-0.25, -0.2) is 4.39 Å². The first-order valence-electron chi connectivity index (χ1n) is 3.84. The molecule has 0 spiro atoms. The van der Waals surface area contributed by atoms with Crippen molar-refractivity contribution in [1.82, 2.24) is 0 Å². The number of hydrogen-bond donors (Lipinski definition) is 0. The molecule has 0 N–H and O–H groups in total. The van der Waals surface area contributed by atoms with Gasteiger partial charge in [0.2, 0.25) is 0 Å². The zero-order valence-electron chi connectivity index (χ0n) is 6.61. The molecule has 1 aliphatic rings. The van der Waals surface area contributed by atoms with Crippen molar-refractivity contribution >= 4 is 22.6 Å². The van der Waals surface area contributed by atoms with Gasteiger partial charge in [-0.3, -0.25) is 0 Å². The van der Waals surface area contributed by atoms with E-state index in [-0.39, 0.29) is 5.83 Å². The molecule has 1 atom stereocenters. The maximum Gasteiger partial charge on any atom is 0.119 e. The second-order valence-corrected chi connectivity index (χ2v) is 3.97. The van der Waals surface area contributed by atoms with Gasteiger partial charge in [0.15, 0.2) is 0 Å². The Hall–Kier alpha value is 0.140. The highest BCUT2D eigenvalue weighted by Crippen LogP contribution is 2.27. The minimum atomic E-state index is -0.0628. The third kappa shape index (κ3) is 2.58. The quantitative estimate of drug-likeness (QED) is 0.529. The molecule has 0 amide bonds. The van der Waals surface area contributed by atoms with E-state index in [9.17, 15) is 4.39 Å². The predicted molar refractivity (Wildman–Crippen MR) is 54.6 cm³/mol. The summed E-state index contributed by atoms with van der Waals surface area (Å²) in [4.78, 5) is 0. The van der Waals surface area contributed by atoms with Gasteiger partial charge in [0, 0.05) is 4.43 Å². The third-order valence-corrected chi connectivity index (χ3v) is 2.69. The molecule has 1 rings (SSSR count). The summed E-state index contributed by atoms with van der Waals surface area (Å²) in [7, 11) is 0. The highest BCUT2D eigenvalue weighted by molar-refractivity contribution is 14.1. The lowest BCUT2D eigenvalue weighted by atomic mass is 9.90. The Kier molecular flexibility index (Phi) is 3.55. The number of allylic oxidation sites excluding steroid dienone is 4. The van der Waals surface area contributed by atoms with Crippen molar-refractivity contribution in [2.75, 3.05) is 4.43 Å². The first-order valence-corrected chi connectivity index (χ1v) is 5.36. The van der Waals surface area contributed by atoms with Crippen LogP contribution in [0, 0.1) is 5.92 Å². The molecule has 2 heteroatoms. The highest BCUT2D eigenvalue weighted by Gasteiger charge is 2.13. The fraction of sp³-hybridized carbons (Fsp3) is 0.556. The first-order chi connectivity index (χ1) is 5.24. The lowest BCUT2D eigenvalue weighted by Crippen LogP contribution is -2.05. The minimum Gasteiger partial charge on any atom is -0.207 e. The van der Waals surface area contributed by atoms with Crippen LogP contribution >= 0.6 is 22.6 Å². The van der Waals surface area contributed by atoms with Crippen LogP contribution in [0.4, 0.5) is 4.39 Å². The summed E-state index contributed by atoms with van der Waals surface area (Å²) in [6.07, 6.45) is 5.40. The smallest absolute Gasteiger partial charge is 0.119 e. The second-order valence-electron chi connectivity index (χ2n) is 2.89. The van der Waals surface area contributed by atoms with Crippen molar-refractivity contribution in [2.45, 2.75) is 19.8 Å². The Morgan fingerprint density at radius 1 is 1.73 bits per heavy atom. The molecule has 0 radical (unpaired) electrons. The molecule has 0 bridgehead atoms. The topological polar surface area (TPSA) is 0 Å². The Labute approximate surface area is 80.7 Å². The van der Waals surface area contributed by atoms with Crippen LogP contribution in [-0.4, -0.2) is 4.43 Å². The van der Waals surface area contributed by atoms with E-state index in [2.05, 4.69) is 22.6 Å². The molecular formula is C9H12FI. The van der Waals surface area contributed by atoms with Crippen LogP contribution in [-0.2, 0) is 0 Å². The first kappa shape index (κ1) is 9.23. The molecule has 0 saturated carbocycles. The van der Waals surface area contributed by atoms with Gasteiger partial charge in [-0.2, -0.15) is 0 Å². The van der Waals surface area contributed by atoms with Gasteiger partial charge in [0.25, 0.3) is 0 Å². The van der Waals surface area contributed by atoms with Crippen LogP contribution in [0.1, 0.15) is 19.8 Å². The normalized spacial score (nSPS) is 24.5. The van der Waals surface area contributed by atoms with Crippen molar-refractivity contribution in [3.63, 3.8) is 0 Å². The van der Waals surface area contributed by atoms with Crippen molar-refractivity contribution in [2.24, 2.45) is 5.92 Å². The molecule has 1 unspecified atom stereocenters. The predicted octanol–water partition coefficient (Wildman–Crippen LogP) is 3.63. The molecule has 62 valence electrons. The van der Waals surface area contributed by atoms with E-state index in [0.29, 0.717) is 5.92 Å². The fourth-order valence-electron chi connectivity index (χ4n) is 1.31. The largest absolute Gasteiger partial charge is 0.207 e. The van der Waals surface area contributed by atoms with Gasteiger partial charge in [-0.15, -0.1) is 0 Å². The van der Waals surface area contributed by atoms with Gasteiger partial charge < -0.3 is 0 Å². The van der Waals surface area contributed by atoms with E-state index in [4.69, 9.17) is 0 Å². The van der Waals surface area contributed by atoms with Gasteiger partial charge in [-0.1, -0.05) is 28.2 Å². The van der Waals surface area contributed by atoms with Crippen molar-refractivity contribution in [1.29, 1.82) is 0 Å². The van der Waals surface area contributed by atoms with Crippen LogP contribution in [0.3, 0.4) is 0 Å². The van der Waals surface area contributed by atoms with Crippen LogP contribution in [0.25, 0.3) is 0 Å². The summed E-state index contributed by atoms with van der Waals surface area (Å²) in [6.45, 7) is 2.02. The monoisotopic (exact) mass is 266 g/mol. The average molecular weight is 266 g/mol. The molecule has 11 heavy (non-hydrogen) atoms. The summed E-state index contributed by atoms with van der Waals surface area (Å²) in [5.41, 5.74) is 1.20. The lowest BCUT2D eigenvalue weighted by Gasteiger charge is -2.17. The Bertz CT molecular complexity index is 194. The van der Waals surface area contributed by atoms with Gasteiger partial charge >= 0.3 is 0 Å². The van der Waals surface area contributed by atoms with Gasteiger partial charge in [0.05, 0.1) is 0 Å². The SMILES string of the molecule is CC1=CC(F)=CCC1CCI. The molecule has 0 aromatic rings. The lowest BCUT2D eigenvalue weighted by molar-refractivity contribution is 0.565. The Morgan fingerprint density at radius 2 is 2.45 bits per heavy atom. The number of halogens is 2. The highest BCUT2D eigenvalue weighted by atomic mass is 127. The second kappa shape index (κ2) is 4.24. The van der Waals surface area contributed by atoms with E-state index in [1.54, 1.807) is 12.2 Å². The number of hydrogen-bond acceptors (Lipinski definition) is 0. The van der Waals surface area contributed by atoms with E-state index >= 15 is 0 Å². The van der Waals surface area contributed by atoms with Crippen LogP contribution in [0.5, 0.6) is 0 Å². The summed E-state index contributed by atoms with van der Waals surface area (Å²) in [5.74, 6) is 0.526. The standard InChI is InChI=1S/C9H12FI/c1-7-6-9(10)3-2-8(7)4-5-11/h3,6,8H,2,4-5H2,1H3. The Morgan fingerprint density at radius 3 is 3.00 bits per heavy atom. The molecule has 0 aliphatic heterocycles. The number of alkyl halides is 1. The molecule has 0 aromatic heterocycles. The van der Waals surface area contributed by atoms with E-state index < -0.39 is 0 Å². The molecule has 0 nitrogen and oxygen atoms in total. The van der Waals surface area contributed by atoms with Crippen LogP contribution in [0.15, 0.2) is 23.6 Å². The van der Waals surface area contributed by atoms with Gasteiger partial charge in [0.1, 0.15) is 5.83 Å². The zero-order valence-corrected chi connectivity index (χ0v) is 8.77. The summed E-state index contributed by atoms with van der Waals surface area (Å²) < 4.78 is 13.8. The average Bonchev–Trinajstić information content (AvgIpc) is 1.95. The maximum atomic E-state index is 12.6. The molecule has 0 saturated heterocycles. The molecule has 1 aliphatic carbocycles. The fourth-order valence-corrected chi connectivity index (χ4v) is 2.06. The molecule has 0 fully saturated rings. The Balaban J connectivity index is 2.56. The number of rotatable bonds is 2.